The Bertz CT molecular complexity index is 897. The van der Waals surface area contributed by atoms with Gasteiger partial charge in [0.25, 0.3) is 0 Å². The predicted molar refractivity (Wildman–Crippen MR) is 123 cm³/mol. The molecular formula is C27H30O2. The highest BCUT2D eigenvalue weighted by atomic mass is 16.5. The highest BCUT2D eigenvalue weighted by molar-refractivity contribution is 5.91. The normalized spacial score (nSPS) is 11.1. The van der Waals surface area contributed by atoms with Gasteiger partial charge in [0.05, 0.1) is 14.2 Å². The van der Waals surface area contributed by atoms with E-state index in [1.807, 2.05) is 24.3 Å². The van der Waals surface area contributed by atoms with Crippen LogP contribution in [-0.2, 0) is 5.41 Å². The van der Waals surface area contributed by atoms with Gasteiger partial charge >= 0.3 is 0 Å². The zero-order chi connectivity index (χ0) is 20.9. The molecule has 0 saturated carbocycles. The molecule has 0 bridgehead atoms. The first-order chi connectivity index (χ1) is 14.0. The summed E-state index contributed by atoms with van der Waals surface area (Å²) < 4.78 is 10.6. The van der Waals surface area contributed by atoms with E-state index in [4.69, 9.17) is 9.47 Å². The molecule has 3 rings (SSSR count). The van der Waals surface area contributed by atoms with E-state index in [0.29, 0.717) is 0 Å². The number of ether oxygens (including phenoxy) is 2. The molecule has 0 radical (unpaired) electrons. The SMILES string of the molecule is CCC(C)(C)c1ccc(C=C(c2ccc(OC)cc2)c2ccc(OC)cc2)cc1. The first-order valence-electron chi connectivity index (χ1n) is 10.1. The molecule has 0 aliphatic carbocycles. The molecule has 0 aliphatic rings. The summed E-state index contributed by atoms with van der Waals surface area (Å²) in [6, 6.07) is 25.3. The van der Waals surface area contributed by atoms with E-state index < -0.39 is 0 Å². The topological polar surface area (TPSA) is 18.5 Å². The van der Waals surface area contributed by atoms with Gasteiger partial charge in [-0.15, -0.1) is 0 Å². The number of hydrogen-bond donors (Lipinski definition) is 0. The number of rotatable bonds is 7. The summed E-state index contributed by atoms with van der Waals surface area (Å²) in [5, 5.41) is 0. The van der Waals surface area contributed by atoms with Gasteiger partial charge in [0.15, 0.2) is 0 Å². The maximum Gasteiger partial charge on any atom is 0.118 e. The minimum absolute atomic E-state index is 0.192. The highest BCUT2D eigenvalue weighted by Crippen LogP contribution is 2.31. The molecule has 0 aromatic heterocycles. The Morgan fingerprint density at radius 2 is 1.17 bits per heavy atom. The smallest absolute Gasteiger partial charge is 0.118 e. The minimum atomic E-state index is 0.192. The van der Waals surface area contributed by atoms with Gasteiger partial charge in [-0.1, -0.05) is 69.3 Å². The Hall–Kier alpha value is -3.00. The van der Waals surface area contributed by atoms with E-state index >= 15 is 0 Å². The van der Waals surface area contributed by atoms with Gasteiger partial charge in [-0.3, -0.25) is 0 Å². The standard InChI is InChI=1S/C27H30O2/c1-6-27(2,3)23-13-7-20(8-14-23)19-26(21-9-15-24(28-4)16-10-21)22-11-17-25(29-5)18-12-22/h7-19H,6H2,1-5H3. The Morgan fingerprint density at radius 1 is 0.724 bits per heavy atom. The highest BCUT2D eigenvalue weighted by Gasteiger charge is 2.17. The molecule has 2 heteroatoms. The second-order valence-electron chi connectivity index (χ2n) is 7.87. The fourth-order valence-corrected chi connectivity index (χ4v) is 3.28. The Kier molecular flexibility index (Phi) is 6.43. The Labute approximate surface area is 174 Å². The molecule has 0 heterocycles. The maximum atomic E-state index is 5.32. The molecule has 0 amide bonds. The van der Waals surface area contributed by atoms with Crippen molar-refractivity contribution in [1.29, 1.82) is 0 Å². The van der Waals surface area contributed by atoms with Gasteiger partial charge < -0.3 is 9.47 Å². The summed E-state index contributed by atoms with van der Waals surface area (Å²) in [6.07, 6.45) is 3.36. The fourth-order valence-electron chi connectivity index (χ4n) is 3.28. The predicted octanol–water partition coefficient (Wildman–Crippen LogP) is 6.98. The summed E-state index contributed by atoms with van der Waals surface area (Å²) in [5.41, 5.74) is 6.20. The van der Waals surface area contributed by atoms with Gasteiger partial charge in [0.1, 0.15) is 11.5 Å². The quantitative estimate of drug-likeness (QED) is 0.408. The van der Waals surface area contributed by atoms with Crippen LogP contribution in [0.3, 0.4) is 0 Å². The monoisotopic (exact) mass is 386 g/mol. The lowest BCUT2D eigenvalue weighted by Gasteiger charge is -2.23. The summed E-state index contributed by atoms with van der Waals surface area (Å²) >= 11 is 0. The first kappa shape index (κ1) is 20.7. The van der Waals surface area contributed by atoms with Crippen LogP contribution in [0.2, 0.25) is 0 Å². The first-order valence-corrected chi connectivity index (χ1v) is 10.1. The van der Waals surface area contributed by atoms with Crippen LogP contribution in [0.15, 0.2) is 72.8 Å². The van der Waals surface area contributed by atoms with E-state index in [1.165, 1.54) is 11.1 Å². The average Bonchev–Trinajstić information content (AvgIpc) is 2.78. The molecule has 0 spiro atoms. The van der Waals surface area contributed by atoms with Crippen LogP contribution in [0.4, 0.5) is 0 Å². The van der Waals surface area contributed by atoms with Crippen LogP contribution in [-0.4, -0.2) is 14.2 Å². The molecule has 0 N–H and O–H groups in total. The number of benzene rings is 3. The van der Waals surface area contributed by atoms with Crippen molar-refractivity contribution < 1.29 is 9.47 Å². The van der Waals surface area contributed by atoms with Crippen molar-refractivity contribution in [3.8, 4) is 11.5 Å². The van der Waals surface area contributed by atoms with Gasteiger partial charge in [0, 0.05) is 0 Å². The van der Waals surface area contributed by atoms with Gasteiger partial charge in [-0.05, 0) is 70.0 Å². The second-order valence-corrected chi connectivity index (χ2v) is 7.87. The molecule has 3 aromatic carbocycles. The molecule has 2 nitrogen and oxygen atoms in total. The van der Waals surface area contributed by atoms with Crippen molar-refractivity contribution in [3.63, 3.8) is 0 Å². The molecular weight excluding hydrogens is 356 g/mol. The van der Waals surface area contributed by atoms with Crippen molar-refractivity contribution in [2.45, 2.75) is 32.6 Å². The third-order valence-electron chi connectivity index (χ3n) is 5.69. The molecule has 0 atom stereocenters. The summed E-state index contributed by atoms with van der Waals surface area (Å²) in [5.74, 6) is 1.71. The number of hydrogen-bond acceptors (Lipinski definition) is 2. The Balaban J connectivity index is 2.03. The van der Waals surface area contributed by atoms with E-state index in [2.05, 4.69) is 75.4 Å². The van der Waals surface area contributed by atoms with Crippen molar-refractivity contribution >= 4 is 11.6 Å². The van der Waals surface area contributed by atoms with Crippen molar-refractivity contribution in [2.75, 3.05) is 14.2 Å². The van der Waals surface area contributed by atoms with E-state index in [0.717, 1.165) is 34.6 Å². The van der Waals surface area contributed by atoms with Crippen LogP contribution < -0.4 is 9.47 Å². The lowest BCUT2D eigenvalue weighted by Crippen LogP contribution is -2.14. The summed E-state index contributed by atoms with van der Waals surface area (Å²) in [6.45, 7) is 6.81. The third kappa shape index (κ3) is 4.89. The fraction of sp³-hybridized carbons (Fsp3) is 0.259. The molecule has 29 heavy (non-hydrogen) atoms. The second kappa shape index (κ2) is 9.00. The van der Waals surface area contributed by atoms with E-state index in [1.54, 1.807) is 14.2 Å². The van der Waals surface area contributed by atoms with Crippen LogP contribution in [0.1, 0.15) is 49.4 Å². The van der Waals surface area contributed by atoms with Gasteiger partial charge in [-0.2, -0.15) is 0 Å². The molecule has 150 valence electrons. The molecule has 0 saturated heterocycles. The van der Waals surface area contributed by atoms with Gasteiger partial charge in [0.2, 0.25) is 0 Å². The van der Waals surface area contributed by atoms with Crippen LogP contribution in [0.25, 0.3) is 11.6 Å². The van der Waals surface area contributed by atoms with Crippen LogP contribution >= 0.6 is 0 Å². The van der Waals surface area contributed by atoms with Crippen molar-refractivity contribution in [2.24, 2.45) is 0 Å². The molecule has 3 aromatic rings. The lowest BCUT2D eigenvalue weighted by molar-refractivity contribution is 0.414. The van der Waals surface area contributed by atoms with Crippen LogP contribution in [0, 0.1) is 0 Å². The molecule has 0 fully saturated rings. The molecule has 0 aliphatic heterocycles. The minimum Gasteiger partial charge on any atom is -0.497 e. The van der Waals surface area contributed by atoms with Crippen LogP contribution in [0.5, 0.6) is 11.5 Å². The summed E-state index contributed by atoms with van der Waals surface area (Å²) in [4.78, 5) is 0. The van der Waals surface area contributed by atoms with Crippen molar-refractivity contribution in [1.82, 2.24) is 0 Å². The average molecular weight is 387 g/mol. The largest absolute Gasteiger partial charge is 0.497 e. The summed E-state index contributed by atoms with van der Waals surface area (Å²) in [7, 11) is 3.38. The Morgan fingerprint density at radius 3 is 1.55 bits per heavy atom. The zero-order valence-corrected chi connectivity index (χ0v) is 18.0. The third-order valence-corrected chi connectivity index (χ3v) is 5.69. The van der Waals surface area contributed by atoms with Crippen molar-refractivity contribution in [3.05, 3.63) is 95.1 Å². The van der Waals surface area contributed by atoms with E-state index in [-0.39, 0.29) is 5.41 Å². The maximum absolute atomic E-state index is 5.32. The zero-order valence-electron chi connectivity index (χ0n) is 18.0. The lowest BCUT2D eigenvalue weighted by atomic mass is 9.82. The molecule has 0 unspecified atom stereocenters. The van der Waals surface area contributed by atoms with Gasteiger partial charge in [-0.25, -0.2) is 0 Å². The number of methoxy groups -OCH3 is 2. The van der Waals surface area contributed by atoms with E-state index in [9.17, 15) is 0 Å².